The number of aryl methyl sites for hydroxylation is 2. The maximum Gasteiger partial charge on any atom is 0.273 e. The Hall–Kier alpha value is -3.61. The SMILES string of the molecule is COc1cc(/C=N\NC(=O)c2cc3cc(C)ccc3nc2C)cc(OC)c1OC. The van der Waals surface area contributed by atoms with E-state index in [9.17, 15) is 4.79 Å². The summed E-state index contributed by atoms with van der Waals surface area (Å²) >= 11 is 0. The molecule has 0 aliphatic rings. The van der Waals surface area contributed by atoms with Crippen LogP contribution in [0.3, 0.4) is 0 Å². The van der Waals surface area contributed by atoms with E-state index in [4.69, 9.17) is 14.2 Å². The van der Waals surface area contributed by atoms with Gasteiger partial charge in [0, 0.05) is 10.9 Å². The van der Waals surface area contributed by atoms with Gasteiger partial charge in [-0.3, -0.25) is 9.78 Å². The highest BCUT2D eigenvalue weighted by Crippen LogP contribution is 2.37. The third-order valence-corrected chi connectivity index (χ3v) is 4.47. The molecule has 0 unspecified atom stereocenters. The zero-order valence-electron chi connectivity index (χ0n) is 17.1. The van der Waals surface area contributed by atoms with Gasteiger partial charge in [-0.05, 0) is 44.2 Å². The monoisotopic (exact) mass is 393 g/mol. The molecule has 0 saturated heterocycles. The van der Waals surface area contributed by atoms with Crippen LogP contribution >= 0.6 is 0 Å². The molecule has 0 saturated carbocycles. The standard InChI is InChI=1S/C22H23N3O4/c1-13-6-7-18-16(8-13)11-17(14(2)24-18)22(26)25-23-12-15-9-19(27-3)21(29-5)20(10-15)28-4/h6-12H,1-5H3,(H,25,26)/b23-12-. The van der Waals surface area contributed by atoms with Crippen molar-refractivity contribution < 1.29 is 19.0 Å². The lowest BCUT2D eigenvalue weighted by Crippen LogP contribution is -2.19. The number of nitrogens with one attached hydrogen (secondary N) is 1. The quantitative estimate of drug-likeness (QED) is 0.511. The lowest BCUT2D eigenvalue weighted by Gasteiger charge is -2.12. The molecule has 1 aromatic heterocycles. The highest BCUT2D eigenvalue weighted by atomic mass is 16.5. The molecule has 1 N–H and O–H groups in total. The Labute approximate surface area is 169 Å². The van der Waals surface area contributed by atoms with Crippen molar-refractivity contribution in [1.29, 1.82) is 0 Å². The maximum atomic E-state index is 12.6. The second-order valence-electron chi connectivity index (χ2n) is 6.48. The van der Waals surface area contributed by atoms with E-state index in [1.54, 1.807) is 19.1 Å². The molecule has 0 atom stereocenters. The minimum atomic E-state index is -0.331. The van der Waals surface area contributed by atoms with Crippen molar-refractivity contribution in [3.05, 3.63) is 58.8 Å². The van der Waals surface area contributed by atoms with Crippen molar-refractivity contribution in [3.63, 3.8) is 0 Å². The van der Waals surface area contributed by atoms with Crippen molar-refractivity contribution in [2.45, 2.75) is 13.8 Å². The largest absolute Gasteiger partial charge is 0.493 e. The molecule has 7 heteroatoms. The van der Waals surface area contributed by atoms with E-state index in [-0.39, 0.29) is 5.91 Å². The first kappa shape index (κ1) is 20.1. The van der Waals surface area contributed by atoms with Crippen LogP contribution in [-0.4, -0.2) is 38.4 Å². The smallest absolute Gasteiger partial charge is 0.273 e. The van der Waals surface area contributed by atoms with Gasteiger partial charge in [0.1, 0.15) is 0 Å². The van der Waals surface area contributed by atoms with E-state index in [1.165, 1.54) is 27.5 Å². The third kappa shape index (κ3) is 4.29. The molecule has 7 nitrogen and oxygen atoms in total. The lowest BCUT2D eigenvalue weighted by molar-refractivity contribution is 0.0954. The van der Waals surface area contributed by atoms with E-state index < -0.39 is 0 Å². The number of fused-ring (bicyclic) bond motifs is 1. The van der Waals surface area contributed by atoms with E-state index in [2.05, 4.69) is 15.5 Å². The van der Waals surface area contributed by atoms with Crippen LogP contribution in [0.1, 0.15) is 27.2 Å². The van der Waals surface area contributed by atoms with Crippen LogP contribution in [0.5, 0.6) is 17.2 Å². The molecule has 3 aromatic rings. The Balaban J connectivity index is 1.83. The van der Waals surface area contributed by atoms with Gasteiger partial charge in [-0.25, -0.2) is 5.43 Å². The fraction of sp³-hybridized carbons (Fsp3) is 0.227. The molecule has 0 spiro atoms. The maximum absolute atomic E-state index is 12.6. The van der Waals surface area contributed by atoms with Crippen molar-refractivity contribution in [2.24, 2.45) is 5.10 Å². The van der Waals surface area contributed by atoms with Crippen molar-refractivity contribution in [2.75, 3.05) is 21.3 Å². The Morgan fingerprint density at radius 2 is 1.69 bits per heavy atom. The summed E-state index contributed by atoms with van der Waals surface area (Å²) < 4.78 is 15.9. The van der Waals surface area contributed by atoms with Gasteiger partial charge in [-0.1, -0.05) is 11.6 Å². The Kier molecular flexibility index (Phi) is 5.97. The number of nitrogens with zero attached hydrogens (tertiary/aromatic N) is 2. The van der Waals surface area contributed by atoms with Crippen LogP contribution in [0, 0.1) is 13.8 Å². The minimum Gasteiger partial charge on any atom is -0.493 e. The van der Waals surface area contributed by atoms with Gasteiger partial charge >= 0.3 is 0 Å². The predicted molar refractivity (Wildman–Crippen MR) is 112 cm³/mol. The lowest BCUT2D eigenvalue weighted by atomic mass is 10.1. The molecule has 29 heavy (non-hydrogen) atoms. The molecule has 1 heterocycles. The summed E-state index contributed by atoms with van der Waals surface area (Å²) in [6.07, 6.45) is 1.51. The van der Waals surface area contributed by atoms with Crippen LogP contribution in [0.4, 0.5) is 0 Å². The third-order valence-electron chi connectivity index (χ3n) is 4.47. The molecule has 0 aliphatic heterocycles. The number of hydrazone groups is 1. The Morgan fingerprint density at radius 3 is 2.31 bits per heavy atom. The highest BCUT2D eigenvalue weighted by molar-refractivity contribution is 5.99. The average Bonchev–Trinajstić information content (AvgIpc) is 2.72. The zero-order chi connectivity index (χ0) is 21.0. The number of pyridine rings is 1. The average molecular weight is 393 g/mol. The number of amides is 1. The number of carbonyl (C=O) groups excluding carboxylic acids is 1. The molecule has 150 valence electrons. The van der Waals surface area contributed by atoms with Crippen LogP contribution in [0.25, 0.3) is 10.9 Å². The number of carbonyl (C=O) groups is 1. The summed E-state index contributed by atoms with van der Waals surface area (Å²) in [5.41, 5.74) is 6.31. The first-order valence-corrected chi connectivity index (χ1v) is 8.98. The minimum absolute atomic E-state index is 0.331. The van der Waals surface area contributed by atoms with E-state index >= 15 is 0 Å². The van der Waals surface area contributed by atoms with Crippen molar-refractivity contribution >= 4 is 23.0 Å². The van der Waals surface area contributed by atoms with Gasteiger partial charge in [0.15, 0.2) is 11.5 Å². The number of methoxy groups -OCH3 is 3. The van der Waals surface area contributed by atoms with E-state index in [1.807, 2.05) is 31.2 Å². The van der Waals surface area contributed by atoms with Crippen LogP contribution in [0.2, 0.25) is 0 Å². The summed E-state index contributed by atoms with van der Waals surface area (Å²) in [6.45, 7) is 3.80. The highest BCUT2D eigenvalue weighted by Gasteiger charge is 2.13. The summed E-state index contributed by atoms with van der Waals surface area (Å²) in [5, 5.41) is 4.97. The number of benzene rings is 2. The molecule has 0 bridgehead atoms. The first-order chi connectivity index (χ1) is 14.0. The molecule has 2 aromatic carbocycles. The number of aromatic nitrogens is 1. The van der Waals surface area contributed by atoms with Crippen LogP contribution < -0.4 is 19.6 Å². The van der Waals surface area contributed by atoms with Crippen molar-refractivity contribution in [1.82, 2.24) is 10.4 Å². The molecule has 1 amide bonds. The molecule has 3 rings (SSSR count). The Morgan fingerprint density at radius 1 is 1.00 bits per heavy atom. The van der Waals surface area contributed by atoms with E-state index in [0.717, 1.165) is 16.5 Å². The van der Waals surface area contributed by atoms with Crippen molar-refractivity contribution in [3.8, 4) is 17.2 Å². The number of ether oxygens (including phenoxy) is 3. The van der Waals surface area contributed by atoms with Crippen LogP contribution in [0.15, 0.2) is 41.5 Å². The number of hydrogen-bond donors (Lipinski definition) is 1. The molecule has 0 fully saturated rings. The predicted octanol–water partition coefficient (Wildman–Crippen LogP) is 3.64. The number of rotatable bonds is 6. The molecular formula is C22H23N3O4. The van der Waals surface area contributed by atoms with Crippen LogP contribution in [-0.2, 0) is 0 Å². The summed E-state index contributed by atoms with van der Waals surface area (Å²) in [4.78, 5) is 17.1. The van der Waals surface area contributed by atoms with Gasteiger partial charge in [0.2, 0.25) is 5.75 Å². The second kappa shape index (κ2) is 8.60. The topological polar surface area (TPSA) is 82.0 Å². The van der Waals surface area contributed by atoms with Gasteiger partial charge in [0.05, 0.1) is 44.3 Å². The fourth-order valence-electron chi connectivity index (χ4n) is 3.02. The molecule has 0 radical (unpaired) electrons. The first-order valence-electron chi connectivity index (χ1n) is 8.98. The summed E-state index contributed by atoms with van der Waals surface area (Å²) in [6, 6.07) is 11.2. The van der Waals surface area contributed by atoms with Gasteiger partial charge in [-0.15, -0.1) is 0 Å². The summed E-state index contributed by atoms with van der Waals surface area (Å²) in [5.74, 6) is 1.17. The Bertz CT molecular complexity index is 1070. The molecule has 0 aliphatic carbocycles. The molecular weight excluding hydrogens is 370 g/mol. The summed E-state index contributed by atoms with van der Waals surface area (Å²) in [7, 11) is 4.62. The zero-order valence-corrected chi connectivity index (χ0v) is 17.1. The van der Waals surface area contributed by atoms with E-state index in [0.29, 0.717) is 34.1 Å². The van der Waals surface area contributed by atoms with Gasteiger partial charge in [0.25, 0.3) is 5.91 Å². The fourth-order valence-corrected chi connectivity index (χ4v) is 3.02. The van der Waals surface area contributed by atoms with Gasteiger partial charge in [-0.2, -0.15) is 5.10 Å². The normalized spacial score (nSPS) is 10.9. The second-order valence-corrected chi connectivity index (χ2v) is 6.48. The number of hydrogen-bond acceptors (Lipinski definition) is 6. The van der Waals surface area contributed by atoms with Gasteiger partial charge < -0.3 is 14.2 Å².